The summed E-state index contributed by atoms with van der Waals surface area (Å²) in [7, 11) is 0. The molecule has 2 aliphatic heterocycles. The monoisotopic (exact) mass is 363 g/mol. The van der Waals surface area contributed by atoms with E-state index >= 15 is 0 Å². The van der Waals surface area contributed by atoms with Crippen LogP contribution in [0.25, 0.3) is 0 Å². The van der Waals surface area contributed by atoms with Crippen LogP contribution in [0.15, 0.2) is 12.4 Å². The van der Waals surface area contributed by atoms with E-state index < -0.39 is 5.97 Å². The molecule has 0 saturated carbocycles. The Labute approximate surface area is 152 Å². The van der Waals surface area contributed by atoms with Gasteiger partial charge in [0.25, 0.3) is 0 Å². The molecule has 2 atom stereocenters. The van der Waals surface area contributed by atoms with Crippen molar-refractivity contribution in [2.45, 2.75) is 31.7 Å². The topological polar surface area (TPSA) is 119 Å². The van der Waals surface area contributed by atoms with Crippen molar-refractivity contribution in [1.29, 1.82) is 0 Å². The first kappa shape index (κ1) is 18.4. The molecule has 0 aliphatic carbocycles. The van der Waals surface area contributed by atoms with Gasteiger partial charge in [-0.1, -0.05) is 0 Å². The fraction of sp³-hybridized carbons (Fsp3) is 0.647. The van der Waals surface area contributed by atoms with Gasteiger partial charge in [0.1, 0.15) is 0 Å². The Kier molecular flexibility index (Phi) is 5.87. The number of piperazine rings is 1. The van der Waals surface area contributed by atoms with Crippen molar-refractivity contribution < 1.29 is 19.8 Å². The molecule has 1 amide bonds. The number of nitrogens with zero attached hydrogens (tertiary/aromatic N) is 4. The summed E-state index contributed by atoms with van der Waals surface area (Å²) in [6.07, 6.45) is 4.82. The molecule has 3 N–H and O–H groups in total. The van der Waals surface area contributed by atoms with E-state index in [-0.39, 0.29) is 24.5 Å². The highest BCUT2D eigenvalue weighted by atomic mass is 16.4. The summed E-state index contributed by atoms with van der Waals surface area (Å²) >= 11 is 0. The highest BCUT2D eigenvalue weighted by Crippen LogP contribution is 2.26. The van der Waals surface area contributed by atoms with Crippen LogP contribution in [0.4, 0.5) is 5.95 Å². The zero-order valence-electron chi connectivity index (χ0n) is 14.7. The molecule has 0 bridgehead atoms. The first-order valence-corrected chi connectivity index (χ1v) is 9.00. The number of hydrogen-bond donors (Lipinski definition) is 3. The molecule has 0 radical (unpaired) electrons. The van der Waals surface area contributed by atoms with Gasteiger partial charge in [-0.3, -0.25) is 14.5 Å². The van der Waals surface area contributed by atoms with Gasteiger partial charge in [-0.15, -0.1) is 0 Å². The number of aromatic hydroxyl groups is 1. The molecule has 2 fully saturated rings. The predicted octanol–water partition coefficient (Wildman–Crippen LogP) is 0.0638. The van der Waals surface area contributed by atoms with Crippen molar-refractivity contribution in [2.24, 2.45) is 5.92 Å². The minimum absolute atomic E-state index is 0.0377. The van der Waals surface area contributed by atoms with Crippen molar-refractivity contribution in [3.8, 4) is 5.75 Å². The molecule has 26 heavy (non-hydrogen) atoms. The van der Waals surface area contributed by atoms with E-state index in [0.717, 1.165) is 39.0 Å². The second-order valence-corrected chi connectivity index (χ2v) is 6.98. The number of carboxylic acid groups (broad SMARTS) is 1. The second kappa shape index (κ2) is 8.31. The molecule has 2 saturated heterocycles. The zero-order valence-corrected chi connectivity index (χ0v) is 14.7. The molecule has 9 heteroatoms. The maximum Gasteiger partial charge on any atom is 0.303 e. The molecular weight excluding hydrogens is 338 g/mol. The van der Waals surface area contributed by atoms with Gasteiger partial charge in [-0.2, -0.15) is 0 Å². The Morgan fingerprint density at radius 2 is 1.92 bits per heavy atom. The number of rotatable bonds is 6. The highest BCUT2D eigenvalue weighted by Gasteiger charge is 2.33. The summed E-state index contributed by atoms with van der Waals surface area (Å²) in [5.41, 5.74) is 0. The summed E-state index contributed by atoms with van der Waals surface area (Å²) < 4.78 is 0. The molecule has 0 aromatic carbocycles. The van der Waals surface area contributed by atoms with Gasteiger partial charge >= 0.3 is 5.97 Å². The number of aliphatic carboxylic acids is 1. The average Bonchev–Trinajstić information content (AvgIpc) is 2.64. The third-order valence-electron chi connectivity index (χ3n) is 5.07. The fourth-order valence-corrected chi connectivity index (χ4v) is 3.65. The second-order valence-electron chi connectivity index (χ2n) is 6.98. The Morgan fingerprint density at radius 1 is 1.15 bits per heavy atom. The van der Waals surface area contributed by atoms with Gasteiger partial charge in [0.15, 0.2) is 5.75 Å². The summed E-state index contributed by atoms with van der Waals surface area (Å²) in [4.78, 5) is 35.2. The van der Waals surface area contributed by atoms with Gasteiger partial charge in [-0.05, 0) is 18.8 Å². The number of hydrogen-bond acceptors (Lipinski definition) is 7. The quantitative estimate of drug-likeness (QED) is 0.649. The van der Waals surface area contributed by atoms with Crippen LogP contribution >= 0.6 is 0 Å². The van der Waals surface area contributed by atoms with Gasteiger partial charge in [0, 0.05) is 45.2 Å². The van der Waals surface area contributed by atoms with Crippen LogP contribution in [-0.4, -0.2) is 75.7 Å². The summed E-state index contributed by atoms with van der Waals surface area (Å²) in [6, 6.07) is 0.445. The Hall–Kier alpha value is -2.42. The molecule has 0 spiro atoms. The number of carboxylic acids is 1. The largest absolute Gasteiger partial charge is 0.505 e. The molecule has 1 aromatic heterocycles. The SMILES string of the molecule is O=C(O)CCC(=O)NC[C@H]1CC[C@H]2CN(c3ncc(O)cn3)CCN2C1. The van der Waals surface area contributed by atoms with Crippen molar-refractivity contribution >= 4 is 17.8 Å². The van der Waals surface area contributed by atoms with Crippen molar-refractivity contribution in [1.82, 2.24) is 20.2 Å². The number of carbonyl (C=O) groups excluding carboxylic acids is 1. The maximum absolute atomic E-state index is 11.7. The normalized spacial score (nSPS) is 23.3. The Bertz CT molecular complexity index is 639. The lowest BCUT2D eigenvalue weighted by atomic mass is 9.91. The summed E-state index contributed by atoms with van der Waals surface area (Å²) in [6.45, 7) is 4.15. The third kappa shape index (κ3) is 4.81. The van der Waals surface area contributed by atoms with Crippen molar-refractivity contribution in [2.75, 3.05) is 37.6 Å². The van der Waals surface area contributed by atoms with Crippen LogP contribution in [0.2, 0.25) is 0 Å². The smallest absolute Gasteiger partial charge is 0.303 e. The van der Waals surface area contributed by atoms with E-state index in [1.165, 1.54) is 12.4 Å². The number of fused-ring (bicyclic) bond motifs is 1. The molecular formula is C17H25N5O4. The number of nitrogens with one attached hydrogen (secondary N) is 1. The van der Waals surface area contributed by atoms with E-state index in [2.05, 4.69) is 25.1 Å². The van der Waals surface area contributed by atoms with Crippen LogP contribution in [0.1, 0.15) is 25.7 Å². The Balaban J connectivity index is 1.44. The molecule has 3 heterocycles. The number of aromatic nitrogens is 2. The van der Waals surface area contributed by atoms with E-state index in [1.807, 2.05) is 0 Å². The van der Waals surface area contributed by atoms with Crippen LogP contribution in [-0.2, 0) is 9.59 Å². The minimum atomic E-state index is -0.948. The van der Waals surface area contributed by atoms with Gasteiger partial charge < -0.3 is 20.4 Å². The van der Waals surface area contributed by atoms with Gasteiger partial charge in [0.05, 0.1) is 18.8 Å². The first-order chi connectivity index (χ1) is 12.5. The van der Waals surface area contributed by atoms with Crippen LogP contribution in [0.5, 0.6) is 5.75 Å². The van der Waals surface area contributed by atoms with Crippen molar-refractivity contribution in [3.05, 3.63) is 12.4 Å². The molecule has 1 aromatic rings. The lowest BCUT2D eigenvalue weighted by Crippen LogP contribution is -2.57. The van der Waals surface area contributed by atoms with Crippen LogP contribution in [0.3, 0.4) is 0 Å². The first-order valence-electron chi connectivity index (χ1n) is 9.00. The van der Waals surface area contributed by atoms with Crippen LogP contribution < -0.4 is 10.2 Å². The zero-order chi connectivity index (χ0) is 18.5. The molecule has 0 unspecified atom stereocenters. The highest BCUT2D eigenvalue weighted by molar-refractivity contribution is 5.80. The minimum Gasteiger partial charge on any atom is -0.505 e. The maximum atomic E-state index is 11.7. The van der Waals surface area contributed by atoms with Gasteiger partial charge in [0.2, 0.25) is 11.9 Å². The van der Waals surface area contributed by atoms with E-state index in [9.17, 15) is 14.7 Å². The third-order valence-corrected chi connectivity index (χ3v) is 5.07. The Morgan fingerprint density at radius 3 is 2.65 bits per heavy atom. The lowest BCUT2D eigenvalue weighted by molar-refractivity contribution is -0.138. The molecule has 9 nitrogen and oxygen atoms in total. The van der Waals surface area contributed by atoms with Crippen LogP contribution in [0, 0.1) is 5.92 Å². The lowest BCUT2D eigenvalue weighted by Gasteiger charge is -2.46. The van der Waals surface area contributed by atoms with E-state index in [0.29, 0.717) is 24.5 Å². The molecule has 2 aliphatic rings. The fourth-order valence-electron chi connectivity index (χ4n) is 3.65. The molecule has 3 rings (SSSR count). The number of anilines is 1. The standard InChI is InChI=1S/C17H25N5O4/c23-14-8-19-17(20-9-14)22-6-5-21-10-12(1-2-13(21)11-22)7-18-15(24)3-4-16(25)26/h8-9,12-13,23H,1-7,10-11H2,(H,18,24)(H,25,26)/t12-,13+/m1/s1. The molecule has 142 valence electrons. The predicted molar refractivity (Wildman–Crippen MR) is 93.9 cm³/mol. The summed E-state index contributed by atoms with van der Waals surface area (Å²) in [5, 5.41) is 20.8. The summed E-state index contributed by atoms with van der Waals surface area (Å²) in [5.74, 6) is -0.0231. The van der Waals surface area contributed by atoms with Crippen molar-refractivity contribution in [3.63, 3.8) is 0 Å². The van der Waals surface area contributed by atoms with E-state index in [4.69, 9.17) is 5.11 Å². The number of amides is 1. The number of piperidine rings is 1. The van der Waals surface area contributed by atoms with Gasteiger partial charge in [-0.25, -0.2) is 9.97 Å². The van der Waals surface area contributed by atoms with E-state index in [1.54, 1.807) is 0 Å². The number of carbonyl (C=O) groups is 2. The average molecular weight is 363 g/mol.